The molecule has 0 spiro atoms. The normalized spacial score (nSPS) is 14.6. The Morgan fingerprint density at radius 3 is 2.11 bits per heavy atom. The molecule has 0 saturated heterocycles. The SMILES string of the molecule is CCCCN(C(C)CC)C(C)c1cc(O)cc(O)c1. The first-order valence-corrected chi connectivity index (χ1v) is 7.28. The largest absolute Gasteiger partial charge is 0.508 e. The van der Waals surface area contributed by atoms with Gasteiger partial charge in [0, 0.05) is 18.2 Å². The van der Waals surface area contributed by atoms with Gasteiger partial charge in [-0.3, -0.25) is 4.90 Å². The molecular formula is C16H27NO2. The molecular weight excluding hydrogens is 238 g/mol. The van der Waals surface area contributed by atoms with Crippen LogP contribution in [0.4, 0.5) is 0 Å². The van der Waals surface area contributed by atoms with E-state index < -0.39 is 0 Å². The highest BCUT2D eigenvalue weighted by Gasteiger charge is 2.20. The minimum absolute atomic E-state index is 0.126. The number of unbranched alkanes of at least 4 members (excludes halogenated alkanes) is 1. The van der Waals surface area contributed by atoms with Crippen LogP contribution in [0.15, 0.2) is 18.2 Å². The molecule has 2 atom stereocenters. The molecule has 0 aromatic heterocycles. The van der Waals surface area contributed by atoms with Gasteiger partial charge in [-0.05, 0) is 50.9 Å². The quantitative estimate of drug-likeness (QED) is 0.781. The Balaban J connectivity index is 2.93. The van der Waals surface area contributed by atoms with Gasteiger partial charge in [-0.15, -0.1) is 0 Å². The van der Waals surface area contributed by atoms with Crippen LogP contribution in [0.25, 0.3) is 0 Å². The zero-order chi connectivity index (χ0) is 14.4. The van der Waals surface area contributed by atoms with Gasteiger partial charge in [0.2, 0.25) is 0 Å². The zero-order valence-electron chi connectivity index (χ0n) is 12.6. The van der Waals surface area contributed by atoms with E-state index >= 15 is 0 Å². The van der Waals surface area contributed by atoms with E-state index in [2.05, 4.69) is 32.6 Å². The van der Waals surface area contributed by atoms with Crippen molar-refractivity contribution in [3.8, 4) is 11.5 Å². The summed E-state index contributed by atoms with van der Waals surface area (Å²) in [7, 11) is 0. The average Bonchev–Trinajstić information content (AvgIpc) is 2.37. The highest BCUT2D eigenvalue weighted by molar-refractivity contribution is 5.38. The molecule has 2 N–H and O–H groups in total. The fourth-order valence-corrected chi connectivity index (χ4v) is 2.42. The maximum atomic E-state index is 9.62. The molecule has 0 radical (unpaired) electrons. The Hall–Kier alpha value is -1.22. The highest BCUT2D eigenvalue weighted by Crippen LogP contribution is 2.30. The van der Waals surface area contributed by atoms with Crippen molar-refractivity contribution in [2.45, 2.75) is 59.0 Å². The maximum Gasteiger partial charge on any atom is 0.119 e. The first kappa shape index (κ1) is 15.8. The lowest BCUT2D eigenvalue weighted by molar-refractivity contribution is 0.147. The molecule has 0 aliphatic carbocycles. The third kappa shape index (κ3) is 4.43. The van der Waals surface area contributed by atoms with E-state index in [0.717, 1.165) is 18.5 Å². The molecule has 0 aliphatic heterocycles. The second-order valence-electron chi connectivity index (χ2n) is 5.31. The van der Waals surface area contributed by atoms with Crippen molar-refractivity contribution in [3.63, 3.8) is 0 Å². The second-order valence-corrected chi connectivity index (χ2v) is 5.31. The van der Waals surface area contributed by atoms with Gasteiger partial charge in [0.15, 0.2) is 0 Å². The summed E-state index contributed by atoms with van der Waals surface area (Å²) >= 11 is 0. The molecule has 0 amide bonds. The third-order valence-corrected chi connectivity index (χ3v) is 3.83. The van der Waals surface area contributed by atoms with Crippen molar-refractivity contribution in [1.82, 2.24) is 4.90 Å². The van der Waals surface area contributed by atoms with Crippen LogP contribution in [0.2, 0.25) is 0 Å². The van der Waals surface area contributed by atoms with E-state index in [1.54, 1.807) is 12.1 Å². The van der Waals surface area contributed by atoms with E-state index in [0.29, 0.717) is 6.04 Å². The van der Waals surface area contributed by atoms with Crippen LogP contribution in [0.1, 0.15) is 58.6 Å². The van der Waals surface area contributed by atoms with Crippen LogP contribution in [0.5, 0.6) is 11.5 Å². The summed E-state index contributed by atoms with van der Waals surface area (Å²) in [5.74, 6) is 0.253. The second kappa shape index (κ2) is 7.39. The molecule has 0 heterocycles. The van der Waals surface area contributed by atoms with Crippen molar-refractivity contribution in [3.05, 3.63) is 23.8 Å². The molecule has 1 rings (SSSR count). The van der Waals surface area contributed by atoms with Gasteiger partial charge in [-0.1, -0.05) is 20.3 Å². The van der Waals surface area contributed by atoms with Crippen LogP contribution in [-0.2, 0) is 0 Å². The predicted molar refractivity (Wildman–Crippen MR) is 79.6 cm³/mol. The maximum absolute atomic E-state index is 9.62. The van der Waals surface area contributed by atoms with E-state index in [4.69, 9.17) is 0 Å². The molecule has 1 aromatic carbocycles. The summed E-state index contributed by atoms with van der Waals surface area (Å²) < 4.78 is 0. The van der Waals surface area contributed by atoms with Crippen molar-refractivity contribution >= 4 is 0 Å². The van der Waals surface area contributed by atoms with Crippen LogP contribution in [0.3, 0.4) is 0 Å². The molecule has 0 aliphatic rings. The van der Waals surface area contributed by atoms with Crippen molar-refractivity contribution in [2.75, 3.05) is 6.54 Å². The molecule has 3 nitrogen and oxygen atoms in total. The number of phenolic OH excluding ortho intramolecular Hbond substituents is 2. The number of nitrogens with zero attached hydrogens (tertiary/aromatic N) is 1. The van der Waals surface area contributed by atoms with Gasteiger partial charge < -0.3 is 10.2 Å². The first-order chi connectivity index (χ1) is 8.99. The predicted octanol–water partition coefficient (Wildman–Crippen LogP) is 4.06. The Bertz CT molecular complexity index is 372. The minimum Gasteiger partial charge on any atom is -0.508 e. The van der Waals surface area contributed by atoms with Crippen LogP contribution < -0.4 is 0 Å². The summed E-state index contributed by atoms with van der Waals surface area (Å²) in [5.41, 5.74) is 0.967. The van der Waals surface area contributed by atoms with Crippen LogP contribution >= 0.6 is 0 Å². The fourth-order valence-electron chi connectivity index (χ4n) is 2.42. The van der Waals surface area contributed by atoms with Gasteiger partial charge in [-0.25, -0.2) is 0 Å². The molecule has 2 unspecified atom stereocenters. The Labute approximate surface area is 116 Å². The molecule has 0 saturated carbocycles. The molecule has 3 heteroatoms. The van der Waals surface area contributed by atoms with Gasteiger partial charge in [0.05, 0.1) is 0 Å². The molecule has 19 heavy (non-hydrogen) atoms. The summed E-state index contributed by atoms with van der Waals surface area (Å²) in [4.78, 5) is 2.44. The van der Waals surface area contributed by atoms with Crippen LogP contribution in [0, 0.1) is 0 Å². The summed E-state index contributed by atoms with van der Waals surface area (Å²) in [6.45, 7) is 9.80. The standard InChI is InChI=1S/C16H27NO2/c1-5-7-8-17(12(3)6-2)13(4)14-9-15(18)11-16(19)10-14/h9-13,18-19H,5-8H2,1-4H3. The Morgan fingerprint density at radius 1 is 1.05 bits per heavy atom. The van der Waals surface area contributed by atoms with Gasteiger partial charge >= 0.3 is 0 Å². The Kier molecular flexibility index (Phi) is 6.16. The Morgan fingerprint density at radius 2 is 1.63 bits per heavy atom. The van der Waals surface area contributed by atoms with E-state index in [-0.39, 0.29) is 17.5 Å². The lowest BCUT2D eigenvalue weighted by atomic mass is 10.0. The average molecular weight is 265 g/mol. The van der Waals surface area contributed by atoms with E-state index in [1.165, 1.54) is 18.9 Å². The molecule has 1 aromatic rings. The summed E-state index contributed by atoms with van der Waals surface area (Å²) in [6.07, 6.45) is 3.43. The monoisotopic (exact) mass is 265 g/mol. The topological polar surface area (TPSA) is 43.7 Å². The lowest BCUT2D eigenvalue weighted by Crippen LogP contribution is -2.35. The number of hydrogen-bond acceptors (Lipinski definition) is 3. The smallest absolute Gasteiger partial charge is 0.119 e. The minimum atomic E-state index is 0.126. The summed E-state index contributed by atoms with van der Waals surface area (Å²) in [6, 6.07) is 5.54. The van der Waals surface area contributed by atoms with Gasteiger partial charge in [0.25, 0.3) is 0 Å². The number of rotatable bonds is 7. The number of aromatic hydroxyl groups is 2. The van der Waals surface area contributed by atoms with Crippen molar-refractivity contribution in [2.24, 2.45) is 0 Å². The molecule has 0 bridgehead atoms. The fraction of sp³-hybridized carbons (Fsp3) is 0.625. The first-order valence-electron chi connectivity index (χ1n) is 7.28. The van der Waals surface area contributed by atoms with E-state index in [9.17, 15) is 10.2 Å². The van der Waals surface area contributed by atoms with E-state index in [1.807, 2.05) is 0 Å². The van der Waals surface area contributed by atoms with Gasteiger partial charge in [0.1, 0.15) is 11.5 Å². The third-order valence-electron chi connectivity index (χ3n) is 3.83. The van der Waals surface area contributed by atoms with Crippen molar-refractivity contribution < 1.29 is 10.2 Å². The number of phenols is 2. The summed E-state index contributed by atoms with van der Waals surface area (Å²) in [5, 5.41) is 19.2. The number of hydrogen-bond donors (Lipinski definition) is 2. The van der Waals surface area contributed by atoms with Crippen molar-refractivity contribution in [1.29, 1.82) is 0 Å². The lowest BCUT2D eigenvalue weighted by Gasteiger charge is -2.34. The molecule has 108 valence electrons. The number of benzene rings is 1. The zero-order valence-corrected chi connectivity index (χ0v) is 12.6. The molecule has 0 fully saturated rings. The van der Waals surface area contributed by atoms with Crippen LogP contribution in [-0.4, -0.2) is 27.7 Å². The highest BCUT2D eigenvalue weighted by atomic mass is 16.3. The van der Waals surface area contributed by atoms with Gasteiger partial charge in [-0.2, -0.15) is 0 Å².